The average molecular weight is 370 g/mol. The van der Waals surface area contributed by atoms with Crippen molar-refractivity contribution < 1.29 is 18.4 Å². The Morgan fingerprint density at radius 1 is 1.19 bits per heavy atom. The summed E-state index contributed by atoms with van der Waals surface area (Å²) in [6.07, 6.45) is 0.0206. The number of carbonyl (C=O) groups is 2. The first-order valence-electron chi connectivity index (χ1n) is 8.48. The SMILES string of the molecule is O=C(NCc1c(F)cccc1F)[C@@H]1CC(=O)N(c2n[nH]c3ccccc23)C1. The van der Waals surface area contributed by atoms with E-state index in [1.807, 2.05) is 24.3 Å². The molecule has 1 atom stereocenters. The Kier molecular flexibility index (Phi) is 4.31. The lowest BCUT2D eigenvalue weighted by Crippen LogP contribution is -2.33. The van der Waals surface area contributed by atoms with Gasteiger partial charge in [-0.1, -0.05) is 18.2 Å². The van der Waals surface area contributed by atoms with Crippen LogP contribution in [0.2, 0.25) is 0 Å². The number of carbonyl (C=O) groups excluding carboxylic acids is 2. The number of anilines is 1. The van der Waals surface area contributed by atoms with Crippen molar-refractivity contribution in [1.82, 2.24) is 15.5 Å². The van der Waals surface area contributed by atoms with Crippen molar-refractivity contribution in [3.63, 3.8) is 0 Å². The molecule has 2 aromatic carbocycles. The van der Waals surface area contributed by atoms with Crippen LogP contribution < -0.4 is 10.2 Å². The molecule has 1 aliphatic heterocycles. The van der Waals surface area contributed by atoms with E-state index in [1.54, 1.807) is 0 Å². The Morgan fingerprint density at radius 2 is 1.93 bits per heavy atom. The number of nitrogens with one attached hydrogen (secondary N) is 2. The largest absolute Gasteiger partial charge is 0.351 e. The highest BCUT2D eigenvalue weighted by atomic mass is 19.1. The summed E-state index contributed by atoms with van der Waals surface area (Å²) >= 11 is 0. The Bertz CT molecular complexity index is 1010. The summed E-state index contributed by atoms with van der Waals surface area (Å²) in [6, 6.07) is 10.9. The molecule has 1 fully saturated rings. The summed E-state index contributed by atoms with van der Waals surface area (Å²) in [7, 11) is 0. The molecule has 138 valence electrons. The van der Waals surface area contributed by atoms with E-state index >= 15 is 0 Å². The molecule has 1 saturated heterocycles. The average Bonchev–Trinajstić information content (AvgIpc) is 3.24. The molecular formula is C19H16F2N4O2. The van der Waals surface area contributed by atoms with E-state index in [2.05, 4.69) is 15.5 Å². The molecule has 0 saturated carbocycles. The second kappa shape index (κ2) is 6.79. The van der Waals surface area contributed by atoms with Gasteiger partial charge >= 0.3 is 0 Å². The van der Waals surface area contributed by atoms with Gasteiger partial charge in [0.1, 0.15) is 11.6 Å². The van der Waals surface area contributed by atoms with Crippen molar-refractivity contribution in [2.75, 3.05) is 11.4 Å². The lowest BCUT2D eigenvalue weighted by molar-refractivity contribution is -0.126. The fourth-order valence-corrected chi connectivity index (χ4v) is 3.26. The molecule has 2 N–H and O–H groups in total. The molecule has 0 aliphatic carbocycles. The number of hydrogen-bond donors (Lipinski definition) is 2. The molecule has 0 spiro atoms. The van der Waals surface area contributed by atoms with E-state index in [0.29, 0.717) is 5.82 Å². The maximum atomic E-state index is 13.7. The summed E-state index contributed by atoms with van der Waals surface area (Å²) in [6.45, 7) is -0.105. The third-order valence-corrected chi connectivity index (χ3v) is 4.70. The minimum Gasteiger partial charge on any atom is -0.351 e. The topological polar surface area (TPSA) is 78.1 Å². The minimum absolute atomic E-state index is 0.0206. The van der Waals surface area contributed by atoms with Gasteiger partial charge in [0.15, 0.2) is 5.82 Å². The monoisotopic (exact) mass is 370 g/mol. The molecule has 1 aromatic heterocycles. The highest BCUT2D eigenvalue weighted by Gasteiger charge is 2.36. The lowest BCUT2D eigenvalue weighted by atomic mass is 10.1. The Hall–Kier alpha value is -3.29. The number of rotatable bonds is 4. The second-order valence-corrected chi connectivity index (χ2v) is 6.42. The van der Waals surface area contributed by atoms with Crippen LogP contribution in [0.1, 0.15) is 12.0 Å². The zero-order chi connectivity index (χ0) is 19.0. The maximum absolute atomic E-state index is 13.7. The van der Waals surface area contributed by atoms with Crippen LogP contribution in [-0.4, -0.2) is 28.6 Å². The van der Waals surface area contributed by atoms with E-state index in [4.69, 9.17) is 0 Å². The fraction of sp³-hybridized carbons (Fsp3) is 0.211. The van der Waals surface area contributed by atoms with E-state index in [-0.39, 0.29) is 31.0 Å². The fourth-order valence-electron chi connectivity index (χ4n) is 3.26. The number of H-pyrrole nitrogens is 1. The van der Waals surface area contributed by atoms with Crippen LogP contribution in [0.15, 0.2) is 42.5 Å². The van der Waals surface area contributed by atoms with Gasteiger partial charge < -0.3 is 5.32 Å². The van der Waals surface area contributed by atoms with Gasteiger partial charge in [0.2, 0.25) is 11.8 Å². The quantitative estimate of drug-likeness (QED) is 0.741. The smallest absolute Gasteiger partial charge is 0.229 e. The number of aromatic nitrogens is 2. The van der Waals surface area contributed by atoms with Crippen molar-refractivity contribution in [3.8, 4) is 0 Å². The van der Waals surface area contributed by atoms with Crippen molar-refractivity contribution >= 4 is 28.5 Å². The zero-order valence-electron chi connectivity index (χ0n) is 14.2. The van der Waals surface area contributed by atoms with E-state index in [1.165, 1.54) is 11.0 Å². The summed E-state index contributed by atoms with van der Waals surface area (Å²) in [5.74, 6) is -2.21. The normalized spacial score (nSPS) is 16.9. The first kappa shape index (κ1) is 17.1. The first-order valence-corrected chi connectivity index (χ1v) is 8.48. The number of halogens is 2. The highest BCUT2D eigenvalue weighted by molar-refractivity contribution is 6.05. The third-order valence-electron chi connectivity index (χ3n) is 4.70. The van der Waals surface area contributed by atoms with Crippen LogP contribution in [0, 0.1) is 17.6 Å². The number of aromatic amines is 1. The van der Waals surface area contributed by atoms with Gasteiger partial charge in [0.05, 0.1) is 11.4 Å². The predicted octanol–water partition coefficient (Wildman–Crippen LogP) is 2.51. The van der Waals surface area contributed by atoms with Crippen molar-refractivity contribution in [2.24, 2.45) is 5.92 Å². The summed E-state index contributed by atoms with van der Waals surface area (Å²) in [5, 5.41) is 10.4. The first-order chi connectivity index (χ1) is 13.0. The highest BCUT2D eigenvalue weighted by Crippen LogP contribution is 2.29. The van der Waals surface area contributed by atoms with Crippen LogP contribution in [0.3, 0.4) is 0 Å². The molecular weight excluding hydrogens is 354 g/mol. The van der Waals surface area contributed by atoms with Gasteiger partial charge in [-0.3, -0.25) is 19.6 Å². The standard InChI is InChI=1S/C19H16F2N4O2/c20-14-5-3-6-15(21)13(14)9-22-19(27)11-8-17(26)25(10-11)18-12-4-1-2-7-16(12)23-24-18/h1-7,11H,8-10H2,(H,22,27)(H,23,24)/t11-/m1/s1. The molecule has 27 heavy (non-hydrogen) atoms. The van der Waals surface area contributed by atoms with E-state index < -0.39 is 23.5 Å². The Morgan fingerprint density at radius 3 is 2.70 bits per heavy atom. The Labute approximate surface area is 153 Å². The number of benzene rings is 2. The van der Waals surface area contributed by atoms with E-state index in [9.17, 15) is 18.4 Å². The molecule has 3 aromatic rings. The molecule has 4 rings (SSSR count). The molecule has 0 radical (unpaired) electrons. The minimum atomic E-state index is -0.720. The zero-order valence-corrected chi connectivity index (χ0v) is 14.2. The number of fused-ring (bicyclic) bond motifs is 1. The summed E-state index contributed by atoms with van der Waals surface area (Å²) in [5.41, 5.74) is 0.591. The van der Waals surface area contributed by atoms with Gasteiger partial charge in [0.25, 0.3) is 0 Å². The van der Waals surface area contributed by atoms with Crippen molar-refractivity contribution in [3.05, 3.63) is 59.7 Å². The number of amides is 2. The maximum Gasteiger partial charge on any atom is 0.229 e. The van der Waals surface area contributed by atoms with Crippen LogP contribution in [-0.2, 0) is 16.1 Å². The van der Waals surface area contributed by atoms with Gasteiger partial charge in [-0.25, -0.2) is 8.78 Å². The van der Waals surface area contributed by atoms with E-state index in [0.717, 1.165) is 23.0 Å². The molecule has 0 bridgehead atoms. The second-order valence-electron chi connectivity index (χ2n) is 6.42. The molecule has 1 aliphatic rings. The van der Waals surface area contributed by atoms with Gasteiger partial charge in [0, 0.05) is 30.5 Å². The molecule has 2 heterocycles. The molecule has 6 nitrogen and oxygen atoms in total. The van der Waals surface area contributed by atoms with Crippen LogP contribution in [0.4, 0.5) is 14.6 Å². The number of nitrogens with zero attached hydrogens (tertiary/aromatic N) is 2. The van der Waals surface area contributed by atoms with Crippen molar-refractivity contribution in [2.45, 2.75) is 13.0 Å². The van der Waals surface area contributed by atoms with Crippen LogP contribution >= 0.6 is 0 Å². The van der Waals surface area contributed by atoms with Crippen LogP contribution in [0.5, 0.6) is 0 Å². The lowest BCUT2D eigenvalue weighted by Gasteiger charge is -2.14. The third kappa shape index (κ3) is 3.14. The van der Waals surface area contributed by atoms with Gasteiger partial charge in [-0.15, -0.1) is 0 Å². The summed E-state index contributed by atoms with van der Waals surface area (Å²) in [4.78, 5) is 26.3. The molecule has 2 amide bonds. The van der Waals surface area contributed by atoms with Crippen molar-refractivity contribution in [1.29, 1.82) is 0 Å². The number of hydrogen-bond acceptors (Lipinski definition) is 3. The summed E-state index contributed by atoms with van der Waals surface area (Å²) < 4.78 is 27.3. The van der Waals surface area contributed by atoms with Gasteiger partial charge in [-0.2, -0.15) is 5.10 Å². The number of para-hydroxylation sites is 1. The van der Waals surface area contributed by atoms with Gasteiger partial charge in [-0.05, 0) is 24.3 Å². The Balaban J connectivity index is 1.46. The molecule has 8 heteroatoms. The molecule has 0 unspecified atom stereocenters. The predicted molar refractivity (Wildman–Crippen MR) is 94.8 cm³/mol. The van der Waals surface area contributed by atoms with Crippen LogP contribution in [0.25, 0.3) is 10.9 Å².